The van der Waals surface area contributed by atoms with E-state index in [4.69, 9.17) is 69.6 Å². The predicted molar refractivity (Wildman–Crippen MR) is 67.9 cm³/mol. The maximum Gasteiger partial charge on any atom is 0.0693 e. The molecule has 1 saturated carbocycles. The summed E-state index contributed by atoms with van der Waals surface area (Å²) in [5.74, 6) is 0. The molecule has 0 aromatic rings. The Morgan fingerprint density at radius 3 is 0.500 bits per heavy atom. The molecule has 0 aromatic carbocycles. The van der Waals surface area contributed by atoms with Crippen molar-refractivity contribution < 1.29 is 0 Å². The summed E-state index contributed by atoms with van der Waals surface area (Å²) in [4.78, 5) is 0. The molecule has 0 aromatic heterocycles. The minimum absolute atomic E-state index is 0. The Kier molecular flexibility index (Phi) is 9.12. The standard InChI is InChI=1S/C6H6Cl6.2H3N/c7-1-2(8)4(10)6(12)5(11)3(1)9;;/h1-6H;2*1H3. The highest BCUT2D eigenvalue weighted by atomic mass is 35.5. The van der Waals surface area contributed by atoms with Crippen LogP contribution in [0.3, 0.4) is 0 Å². The molecule has 0 heterocycles. The van der Waals surface area contributed by atoms with Crippen molar-refractivity contribution >= 4 is 69.6 Å². The van der Waals surface area contributed by atoms with E-state index in [0.717, 1.165) is 0 Å². The lowest BCUT2D eigenvalue weighted by Crippen LogP contribution is -2.52. The Bertz CT molecular complexity index is 112. The van der Waals surface area contributed by atoms with Crippen LogP contribution in [-0.4, -0.2) is 32.3 Å². The van der Waals surface area contributed by atoms with Crippen molar-refractivity contribution in [1.29, 1.82) is 0 Å². The lowest BCUT2D eigenvalue weighted by atomic mass is 9.97. The van der Waals surface area contributed by atoms with Gasteiger partial charge in [0.05, 0.1) is 32.3 Å². The molecule has 14 heavy (non-hydrogen) atoms. The third kappa shape index (κ3) is 3.33. The second-order valence-corrected chi connectivity index (χ2v) is 5.69. The molecule has 2 nitrogen and oxygen atoms in total. The fourth-order valence-electron chi connectivity index (χ4n) is 1.05. The summed E-state index contributed by atoms with van der Waals surface area (Å²) in [6.45, 7) is 0. The van der Waals surface area contributed by atoms with E-state index in [9.17, 15) is 0 Å². The van der Waals surface area contributed by atoms with Crippen LogP contribution < -0.4 is 12.3 Å². The summed E-state index contributed by atoms with van der Waals surface area (Å²) in [6, 6.07) is 0. The quantitative estimate of drug-likeness (QED) is 0.662. The van der Waals surface area contributed by atoms with Crippen LogP contribution in [0.2, 0.25) is 0 Å². The van der Waals surface area contributed by atoms with E-state index in [0.29, 0.717) is 0 Å². The Labute approximate surface area is 114 Å². The second-order valence-electron chi connectivity index (χ2n) is 2.67. The molecule has 0 atom stereocenters. The lowest BCUT2D eigenvalue weighted by molar-refractivity contribution is 0.544. The van der Waals surface area contributed by atoms with Gasteiger partial charge in [-0.2, -0.15) is 0 Å². The zero-order chi connectivity index (χ0) is 9.46. The molecule has 0 aliphatic heterocycles. The molecular weight excluding hydrogens is 313 g/mol. The summed E-state index contributed by atoms with van der Waals surface area (Å²) in [5.41, 5.74) is 0. The van der Waals surface area contributed by atoms with Gasteiger partial charge in [0.2, 0.25) is 0 Å². The van der Waals surface area contributed by atoms with Gasteiger partial charge in [-0.05, 0) is 0 Å². The third-order valence-corrected chi connectivity index (χ3v) is 5.86. The van der Waals surface area contributed by atoms with E-state index >= 15 is 0 Å². The molecule has 6 N–H and O–H groups in total. The van der Waals surface area contributed by atoms with Gasteiger partial charge in [-0.1, -0.05) is 0 Å². The Morgan fingerprint density at radius 1 is 0.357 bits per heavy atom. The van der Waals surface area contributed by atoms with E-state index in [2.05, 4.69) is 0 Å². The lowest BCUT2D eigenvalue weighted by Gasteiger charge is -2.37. The molecule has 1 rings (SSSR count). The Hall–Kier alpha value is 1.66. The SMILES string of the molecule is ClC1C(Cl)C(Cl)C(Cl)C(Cl)C1Cl.N.N. The maximum absolute atomic E-state index is 5.88. The van der Waals surface area contributed by atoms with E-state index in [1.54, 1.807) is 0 Å². The van der Waals surface area contributed by atoms with Crippen molar-refractivity contribution in [2.45, 2.75) is 32.3 Å². The first-order chi connectivity index (χ1) is 5.46. The molecule has 1 aliphatic rings. The molecule has 88 valence electrons. The summed E-state index contributed by atoms with van der Waals surface area (Å²) in [5, 5.41) is -2.62. The van der Waals surface area contributed by atoms with Gasteiger partial charge in [0.15, 0.2) is 0 Å². The highest BCUT2D eigenvalue weighted by Crippen LogP contribution is 2.39. The van der Waals surface area contributed by atoms with Crippen molar-refractivity contribution in [1.82, 2.24) is 12.3 Å². The zero-order valence-corrected chi connectivity index (χ0v) is 11.7. The highest BCUT2D eigenvalue weighted by molar-refractivity contribution is 6.45. The van der Waals surface area contributed by atoms with E-state index in [1.807, 2.05) is 0 Å². The van der Waals surface area contributed by atoms with Gasteiger partial charge in [-0.25, -0.2) is 0 Å². The highest BCUT2D eigenvalue weighted by Gasteiger charge is 2.46. The molecule has 8 heteroatoms. The van der Waals surface area contributed by atoms with Crippen molar-refractivity contribution in [3.63, 3.8) is 0 Å². The van der Waals surface area contributed by atoms with Crippen LogP contribution in [0.15, 0.2) is 0 Å². The van der Waals surface area contributed by atoms with Crippen LogP contribution in [-0.2, 0) is 0 Å². The first kappa shape index (κ1) is 18.0. The average molecular weight is 325 g/mol. The molecule has 0 saturated heterocycles. The summed E-state index contributed by atoms with van der Waals surface area (Å²) < 4.78 is 0. The van der Waals surface area contributed by atoms with Gasteiger partial charge in [0.1, 0.15) is 0 Å². The van der Waals surface area contributed by atoms with Crippen molar-refractivity contribution in [3.05, 3.63) is 0 Å². The number of rotatable bonds is 0. The third-order valence-electron chi connectivity index (χ3n) is 1.83. The average Bonchev–Trinajstić information content (AvgIpc) is 2.08. The number of hydrogen-bond acceptors (Lipinski definition) is 2. The Morgan fingerprint density at radius 2 is 0.429 bits per heavy atom. The minimum atomic E-state index is -0.437. The predicted octanol–water partition coefficient (Wildman–Crippen LogP) is 3.97. The first-order valence-corrected chi connectivity index (χ1v) is 5.93. The maximum atomic E-state index is 5.88. The van der Waals surface area contributed by atoms with Gasteiger partial charge in [0.25, 0.3) is 0 Å². The smallest absolute Gasteiger partial charge is 0.0693 e. The van der Waals surface area contributed by atoms with Crippen LogP contribution in [0.25, 0.3) is 0 Å². The van der Waals surface area contributed by atoms with Gasteiger partial charge in [-0.15, -0.1) is 69.6 Å². The normalized spacial score (nSPS) is 47.6. The minimum Gasteiger partial charge on any atom is -0.344 e. The Balaban J connectivity index is 0. The van der Waals surface area contributed by atoms with Gasteiger partial charge in [-0.3, -0.25) is 0 Å². The van der Waals surface area contributed by atoms with Gasteiger partial charge >= 0.3 is 0 Å². The van der Waals surface area contributed by atoms with E-state index < -0.39 is 32.3 Å². The molecule has 0 amide bonds. The van der Waals surface area contributed by atoms with Crippen LogP contribution in [0.4, 0.5) is 0 Å². The van der Waals surface area contributed by atoms with Crippen LogP contribution >= 0.6 is 69.6 Å². The van der Waals surface area contributed by atoms with E-state index in [1.165, 1.54) is 0 Å². The van der Waals surface area contributed by atoms with Crippen molar-refractivity contribution in [2.24, 2.45) is 0 Å². The van der Waals surface area contributed by atoms with Crippen molar-refractivity contribution in [2.75, 3.05) is 0 Å². The summed E-state index contributed by atoms with van der Waals surface area (Å²) in [6.07, 6.45) is 0. The van der Waals surface area contributed by atoms with Crippen LogP contribution in [0.5, 0.6) is 0 Å². The molecule has 1 fully saturated rings. The molecular formula is C6H12Cl6N2. The zero-order valence-electron chi connectivity index (χ0n) is 7.15. The monoisotopic (exact) mass is 322 g/mol. The number of halogens is 6. The van der Waals surface area contributed by atoms with E-state index in [-0.39, 0.29) is 12.3 Å². The second kappa shape index (κ2) is 7.08. The largest absolute Gasteiger partial charge is 0.344 e. The van der Waals surface area contributed by atoms with Gasteiger partial charge in [0, 0.05) is 0 Å². The fraction of sp³-hybridized carbons (Fsp3) is 1.00. The van der Waals surface area contributed by atoms with Crippen molar-refractivity contribution in [3.8, 4) is 0 Å². The first-order valence-electron chi connectivity index (χ1n) is 3.31. The molecule has 0 unspecified atom stereocenters. The molecule has 1 aliphatic carbocycles. The summed E-state index contributed by atoms with van der Waals surface area (Å²) in [7, 11) is 0. The number of alkyl halides is 6. The van der Waals surface area contributed by atoms with Crippen LogP contribution in [0.1, 0.15) is 0 Å². The van der Waals surface area contributed by atoms with Gasteiger partial charge < -0.3 is 12.3 Å². The fourth-order valence-corrected chi connectivity index (χ4v) is 3.38. The number of hydrogen-bond donors (Lipinski definition) is 2. The molecule has 0 spiro atoms. The summed E-state index contributed by atoms with van der Waals surface area (Å²) >= 11 is 35.3. The molecule has 0 bridgehead atoms. The topological polar surface area (TPSA) is 70.0 Å². The van der Waals surface area contributed by atoms with Crippen LogP contribution in [0, 0.1) is 0 Å². The molecule has 0 radical (unpaired) electrons.